The smallest absolute Gasteiger partial charge is 0.550 e. The van der Waals surface area contributed by atoms with Gasteiger partial charge in [0.2, 0.25) is 0 Å². The summed E-state index contributed by atoms with van der Waals surface area (Å²) < 4.78 is 0. The molecule has 0 bridgehead atoms. The van der Waals surface area contributed by atoms with Gasteiger partial charge in [0.25, 0.3) is 0 Å². The van der Waals surface area contributed by atoms with Crippen molar-refractivity contribution in [2.75, 3.05) is 0 Å². The van der Waals surface area contributed by atoms with E-state index < -0.39 is 17.9 Å². The molecular formula is C27H45AlO6. The van der Waals surface area contributed by atoms with Crippen LogP contribution in [0, 0.1) is 0 Å². The van der Waals surface area contributed by atoms with E-state index in [9.17, 15) is 29.7 Å². The molecule has 0 aromatic rings. The van der Waals surface area contributed by atoms with Crippen molar-refractivity contribution in [1.82, 2.24) is 0 Å². The normalized spacial score (nSPS) is 9.18. The van der Waals surface area contributed by atoms with Gasteiger partial charge >= 0.3 is 17.4 Å². The second-order valence-electron chi connectivity index (χ2n) is 7.84. The van der Waals surface area contributed by atoms with E-state index in [0.29, 0.717) is 0 Å². The molecular weight excluding hydrogens is 447 g/mol. The topological polar surface area (TPSA) is 120 Å². The molecule has 0 aromatic heterocycles. The van der Waals surface area contributed by atoms with Crippen molar-refractivity contribution >= 4 is 35.3 Å². The van der Waals surface area contributed by atoms with E-state index in [-0.39, 0.29) is 36.6 Å². The van der Waals surface area contributed by atoms with Gasteiger partial charge in [-0.2, -0.15) is 0 Å². The summed E-state index contributed by atoms with van der Waals surface area (Å²) in [5.41, 5.74) is 0. The average molecular weight is 493 g/mol. The van der Waals surface area contributed by atoms with Gasteiger partial charge in [0.05, 0.1) is 0 Å². The van der Waals surface area contributed by atoms with Crippen LogP contribution < -0.4 is 15.3 Å². The van der Waals surface area contributed by atoms with Crippen LogP contribution in [0.5, 0.6) is 0 Å². The van der Waals surface area contributed by atoms with E-state index in [4.69, 9.17) is 0 Å². The summed E-state index contributed by atoms with van der Waals surface area (Å²) in [6, 6.07) is 0. The first-order valence-corrected chi connectivity index (χ1v) is 12.2. The SMILES string of the molecule is C=CCCCCCCC(=O)[O-].C=CCCCCCCC(=O)[O-].C=CCCCCCCC(=O)[O-].[Al+3]. The quantitative estimate of drug-likeness (QED) is 0.138. The number of rotatable bonds is 21. The second kappa shape index (κ2) is 35.7. The van der Waals surface area contributed by atoms with Gasteiger partial charge in [-0.1, -0.05) is 56.8 Å². The van der Waals surface area contributed by atoms with Gasteiger partial charge < -0.3 is 29.7 Å². The van der Waals surface area contributed by atoms with Crippen LogP contribution in [0.15, 0.2) is 38.0 Å². The minimum Gasteiger partial charge on any atom is -0.550 e. The Morgan fingerprint density at radius 2 is 0.647 bits per heavy atom. The zero-order valence-electron chi connectivity index (χ0n) is 21.1. The van der Waals surface area contributed by atoms with Gasteiger partial charge in [0.1, 0.15) is 0 Å². The van der Waals surface area contributed by atoms with Crippen molar-refractivity contribution < 1.29 is 29.7 Å². The molecule has 0 aliphatic carbocycles. The molecule has 34 heavy (non-hydrogen) atoms. The molecule has 0 amide bonds. The maximum atomic E-state index is 9.96. The van der Waals surface area contributed by atoms with Crippen LogP contribution in [-0.2, 0) is 14.4 Å². The zero-order valence-corrected chi connectivity index (χ0v) is 22.3. The summed E-state index contributed by atoms with van der Waals surface area (Å²) in [4.78, 5) is 29.9. The maximum absolute atomic E-state index is 9.96. The number of hydrogen-bond acceptors (Lipinski definition) is 6. The summed E-state index contributed by atoms with van der Waals surface area (Å²) in [5.74, 6) is -2.81. The van der Waals surface area contributed by atoms with Crippen LogP contribution >= 0.6 is 0 Å². The van der Waals surface area contributed by atoms with E-state index in [1.54, 1.807) is 0 Å². The van der Waals surface area contributed by atoms with Crippen molar-refractivity contribution in [3.05, 3.63) is 38.0 Å². The standard InChI is InChI=1S/3C9H16O2.Al/c3*1-2-3-4-5-6-7-8-9(10)11;/h3*2H,1,3-8H2,(H,10,11);/q;;;+3/p-3. The number of hydrogen-bond donors (Lipinski definition) is 0. The molecule has 0 fully saturated rings. The first kappa shape index (κ1) is 39.4. The number of carboxylic acids is 3. The van der Waals surface area contributed by atoms with Crippen LogP contribution in [0.2, 0.25) is 0 Å². The molecule has 0 rings (SSSR count). The number of aliphatic carboxylic acids is 3. The number of carbonyl (C=O) groups is 3. The van der Waals surface area contributed by atoms with Crippen LogP contribution in [0.25, 0.3) is 0 Å². The minimum absolute atomic E-state index is 0. The first-order valence-electron chi connectivity index (χ1n) is 12.2. The summed E-state index contributed by atoms with van der Waals surface area (Å²) in [5, 5.41) is 29.9. The Labute approximate surface area is 218 Å². The molecule has 0 atom stereocenters. The van der Waals surface area contributed by atoms with Crippen molar-refractivity contribution in [3.63, 3.8) is 0 Å². The Balaban J connectivity index is -0.000000196. The van der Waals surface area contributed by atoms with Crippen LogP contribution in [0.4, 0.5) is 0 Å². The molecule has 0 saturated carbocycles. The van der Waals surface area contributed by atoms with E-state index in [1.165, 1.54) is 0 Å². The Morgan fingerprint density at radius 3 is 0.824 bits per heavy atom. The third kappa shape index (κ3) is 52.2. The number of carboxylic acid groups (broad SMARTS) is 3. The first-order chi connectivity index (χ1) is 15.8. The summed E-state index contributed by atoms with van der Waals surface area (Å²) in [6.45, 7) is 10.8. The van der Waals surface area contributed by atoms with Crippen LogP contribution in [-0.4, -0.2) is 35.3 Å². The monoisotopic (exact) mass is 492 g/mol. The Hall–Kier alpha value is -1.84. The van der Waals surface area contributed by atoms with E-state index in [2.05, 4.69) is 19.7 Å². The predicted octanol–water partition coefficient (Wildman–Crippen LogP) is 3.41. The molecule has 0 N–H and O–H groups in total. The molecule has 0 saturated heterocycles. The zero-order chi connectivity index (χ0) is 25.6. The number of unbranched alkanes of at least 4 members (excludes halogenated alkanes) is 12. The molecule has 192 valence electrons. The van der Waals surface area contributed by atoms with E-state index >= 15 is 0 Å². The molecule has 0 radical (unpaired) electrons. The number of allylic oxidation sites excluding steroid dienone is 3. The van der Waals surface area contributed by atoms with Gasteiger partial charge in [-0.3, -0.25) is 0 Å². The molecule has 0 aromatic carbocycles. The third-order valence-electron chi connectivity index (χ3n) is 4.62. The summed E-state index contributed by atoms with van der Waals surface area (Å²) in [6.07, 6.45) is 21.2. The van der Waals surface area contributed by atoms with Crippen molar-refractivity contribution in [3.8, 4) is 0 Å². The summed E-state index contributed by atoms with van der Waals surface area (Å²) >= 11 is 0. The maximum Gasteiger partial charge on any atom is 3.00 e. The second-order valence-corrected chi connectivity index (χ2v) is 7.84. The molecule has 7 heteroatoms. The van der Waals surface area contributed by atoms with Crippen molar-refractivity contribution in [2.24, 2.45) is 0 Å². The molecule has 0 unspecified atom stereocenters. The Kier molecular flexibility index (Phi) is 41.4. The van der Waals surface area contributed by atoms with Crippen LogP contribution in [0.1, 0.15) is 116 Å². The van der Waals surface area contributed by atoms with Gasteiger partial charge in [-0.15, -0.1) is 19.7 Å². The third-order valence-corrected chi connectivity index (χ3v) is 4.62. The Bertz CT molecular complexity index is 434. The van der Waals surface area contributed by atoms with E-state index in [0.717, 1.165) is 96.3 Å². The molecule has 0 aliphatic heterocycles. The summed E-state index contributed by atoms with van der Waals surface area (Å²) in [7, 11) is 0. The van der Waals surface area contributed by atoms with Gasteiger partial charge in [0, 0.05) is 17.9 Å². The average Bonchev–Trinajstić information content (AvgIpc) is 2.76. The fourth-order valence-corrected chi connectivity index (χ4v) is 2.73. The molecule has 0 heterocycles. The predicted molar refractivity (Wildman–Crippen MR) is 134 cm³/mol. The fourth-order valence-electron chi connectivity index (χ4n) is 2.73. The number of carbonyl (C=O) groups excluding carboxylic acids is 3. The van der Waals surface area contributed by atoms with Crippen LogP contribution in [0.3, 0.4) is 0 Å². The molecule has 6 nitrogen and oxygen atoms in total. The van der Waals surface area contributed by atoms with Crippen molar-refractivity contribution in [1.29, 1.82) is 0 Å². The largest absolute Gasteiger partial charge is 3.00 e. The van der Waals surface area contributed by atoms with E-state index in [1.807, 2.05) is 18.2 Å². The van der Waals surface area contributed by atoms with Gasteiger partial charge in [-0.05, 0) is 77.0 Å². The van der Waals surface area contributed by atoms with Crippen molar-refractivity contribution in [2.45, 2.75) is 116 Å². The fraction of sp³-hybridized carbons (Fsp3) is 0.667. The Morgan fingerprint density at radius 1 is 0.441 bits per heavy atom. The van der Waals surface area contributed by atoms with Gasteiger partial charge in [0.15, 0.2) is 0 Å². The minimum atomic E-state index is -0.936. The molecule has 0 spiro atoms. The molecule has 0 aliphatic rings. The van der Waals surface area contributed by atoms with Gasteiger partial charge in [-0.25, -0.2) is 0 Å².